The number of nitrogens with one attached hydrogen (secondary N) is 1. The molecule has 7 nitrogen and oxygen atoms in total. The van der Waals surface area contributed by atoms with E-state index < -0.39 is 11.7 Å². The summed E-state index contributed by atoms with van der Waals surface area (Å²) in [4.78, 5) is 28.6. The summed E-state index contributed by atoms with van der Waals surface area (Å²) in [7, 11) is 1.94. The van der Waals surface area contributed by atoms with E-state index in [0.717, 1.165) is 37.1 Å². The number of aromatic nitrogens is 2. The van der Waals surface area contributed by atoms with Gasteiger partial charge in [-0.2, -0.15) is 5.10 Å². The Morgan fingerprint density at radius 2 is 1.90 bits per heavy atom. The summed E-state index contributed by atoms with van der Waals surface area (Å²) in [6.45, 7) is 7.31. The minimum atomic E-state index is -0.711. The summed E-state index contributed by atoms with van der Waals surface area (Å²) in [6, 6.07) is 4.02. The first-order valence-electron chi connectivity index (χ1n) is 9.49. The Hall–Kier alpha value is -2.45. The average molecular weight is 422 g/mol. The van der Waals surface area contributed by atoms with Crippen molar-refractivity contribution in [2.75, 3.05) is 32.7 Å². The molecule has 1 aliphatic heterocycles. The van der Waals surface area contributed by atoms with E-state index in [-0.39, 0.29) is 23.0 Å². The molecule has 1 aromatic heterocycles. The van der Waals surface area contributed by atoms with Gasteiger partial charge in [0.2, 0.25) is 5.91 Å². The third-order valence-corrected chi connectivity index (χ3v) is 5.67. The molecule has 2 amide bonds. The largest absolute Gasteiger partial charge is 0.343 e. The van der Waals surface area contributed by atoms with Crippen LogP contribution in [0.5, 0.6) is 0 Å². The van der Waals surface area contributed by atoms with Gasteiger partial charge in [0.15, 0.2) is 0 Å². The van der Waals surface area contributed by atoms with E-state index in [1.54, 1.807) is 4.90 Å². The smallest absolute Gasteiger partial charge is 0.256 e. The molecule has 2 heterocycles. The number of halogens is 2. The summed E-state index contributed by atoms with van der Waals surface area (Å²) in [5.41, 5.74) is 3.16. The van der Waals surface area contributed by atoms with Crippen LogP contribution in [0.15, 0.2) is 18.2 Å². The van der Waals surface area contributed by atoms with Crippen LogP contribution >= 0.6 is 11.6 Å². The van der Waals surface area contributed by atoms with E-state index >= 15 is 0 Å². The molecule has 2 aromatic rings. The van der Waals surface area contributed by atoms with Gasteiger partial charge in [-0.15, -0.1) is 0 Å². The predicted molar refractivity (Wildman–Crippen MR) is 108 cm³/mol. The minimum absolute atomic E-state index is 0.0181. The lowest BCUT2D eigenvalue weighted by Gasteiger charge is -2.34. The Morgan fingerprint density at radius 3 is 2.48 bits per heavy atom. The number of hydrogen-bond acceptors (Lipinski definition) is 4. The van der Waals surface area contributed by atoms with Crippen molar-refractivity contribution in [2.45, 2.75) is 20.4 Å². The van der Waals surface area contributed by atoms with Crippen LogP contribution in [0, 0.1) is 19.7 Å². The minimum Gasteiger partial charge on any atom is -0.343 e. The lowest BCUT2D eigenvalue weighted by molar-refractivity contribution is -0.131. The zero-order valence-electron chi connectivity index (χ0n) is 16.8. The van der Waals surface area contributed by atoms with Crippen molar-refractivity contribution < 1.29 is 14.0 Å². The highest BCUT2D eigenvalue weighted by Crippen LogP contribution is 2.19. The van der Waals surface area contributed by atoms with E-state index in [1.807, 2.05) is 18.7 Å². The van der Waals surface area contributed by atoms with Gasteiger partial charge in [-0.05, 0) is 26.0 Å². The molecule has 1 saturated heterocycles. The van der Waals surface area contributed by atoms with E-state index in [2.05, 4.69) is 22.2 Å². The van der Waals surface area contributed by atoms with E-state index in [1.165, 1.54) is 17.7 Å². The molecule has 0 aliphatic carbocycles. The van der Waals surface area contributed by atoms with Crippen molar-refractivity contribution >= 4 is 23.4 Å². The van der Waals surface area contributed by atoms with E-state index in [9.17, 15) is 14.0 Å². The number of piperazine rings is 1. The fraction of sp³-hybridized carbons (Fsp3) is 0.450. The maximum Gasteiger partial charge on any atom is 0.256 e. The zero-order chi connectivity index (χ0) is 21.1. The fourth-order valence-electron chi connectivity index (χ4n) is 3.50. The number of rotatable bonds is 5. The number of carbonyl (C=O) groups excluding carboxylic acids is 2. The van der Waals surface area contributed by atoms with Crippen molar-refractivity contribution in [1.29, 1.82) is 0 Å². The number of amides is 2. The summed E-state index contributed by atoms with van der Waals surface area (Å²) < 4.78 is 15.7. The molecular formula is C20H25ClFN5O2. The summed E-state index contributed by atoms with van der Waals surface area (Å²) in [5, 5.41) is 6.93. The maximum absolute atomic E-state index is 13.8. The van der Waals surface area contributed by atoms with Crippen LogP contribution in [0.1, 0.15) is 27.3 Å². The second-order valence-electron chi connectivity index (χ2n) is 7.21. The molecule has 1 aromatic carbocycles. The van der Waals surface area contributed by atoms with Crippen molar-refractivity contribution in [1.82, 2.24) is 24.9 Å². The van der Waals surface area contributed by atoms with Gasteiger partial charge >= 0.3 is 0 Å². The van der Waals surface area contributed by atoms with E-state index in [0.29, 0.717) is 13.1 Å². The second-order valence-corrected chi connectivity index (χ2v) is 7.62. The summed E-state index contributed by atoms with van der Waals surface area (Å²) in [5.74, 6) is -1.60. The van der Waals surface area contributed by atoms with Gasteiger partial charge < -0.3 is 10.2 Å². The molecule has 3 rings (SSSR count). The molecule has 1 N–H and O–H groups in total. The van der Waals surface area contributed by atoms with Crippen LogP contribution in [0.25, 0.3) is 0 Å². The number of nitrogens with zero attached hydrogens (tertiary/aromatic N) is 4. The Bertz CT molecular complexity index is 902. The van der Waals surface area contributed by atoms with Crippen molar-refractivity contribution in [3.05, 3.63) is 51.6 Å². The zero-order valence-corrected chi connectivity index (χ0v) is 17.6. The highest BCUT2D eigenvalue weighted by atomic mass is 35.5. The maximum atomic E-state index is 13.8. The Morgan fingerprint density at radius 1 is 1.21 bits per heavy atom. The van der Waals surface area contributed by atoms with Gasteiger partial charge in [-0.1, -0.05) is 17.7 Å². The van der Waals surface area contributed by atoms with Crippen molar-refractivity contribution in [3.63, 3.8) is 0 Å². The lowest BCUT2D eigenvalue weighted by Crippen LogP contribution is -2.51. The Labute approximate surface area is 174 Å². The molecule has 156 valence electrons. The first-order valence-corrected chi connectivity index (χ1v) is 9.87. The van der Waals surface area contributed by atoms with Crippen LogP contribution in [-0.2, 0) is 18.4 Å². The lowest BCUT2D eigenvalue weighted by atomic mass is 10.1. The molecular weight excluding hydrogens is 397 g/mol. The Kier molecular flexibility index (Phi) is 6.54. The second kappa shape index (κ2) is 8.92. The number of hydrogen-bond donors (Lipinski definition) is 1. The number of carbonyl (C=O) groups is 2. The van der Waals surface area contributed by atoms with Gasteiger partial charge in [0.05, 0.1) is 22.8 Å². The third kappa shape index (κ3) is 4.76. The predicted octanol–water partition coefficient (Wildman–Crippen LogP) is 1.90. The number of aryl methyl sites for hydroxylation is 2. The highest BCUT2D eigenvalue weighted by molar-refractivity contribution is 6.33. The topological polar surface area (TPSA) is 70.5 Å². The molecule has 0 bridgehead atoms. The first kappa shape index (κ1) is 21.3. The highest BCUT2D eigenvalue weighted by Gasteiger charge is 2.24. The van der Waals surface area contributed by atoms with Gasteiger partial charge in [-0.25, -0.2) is 4.39 Å². The van der Waals surface area contributed by atoms with Crippen LogP contribution < -0.4 is 5.32 Å². The molecule has 0 radical (unpaired) electrons. The summed E-state index contributed by atoms with van der Waals surface area (Å²) >= 11 is 5.89. The number of benzene rings is 1. The molecule has 1 aliphatic rings. The van der Waals surface area contributed by atoms with Gasteiger partial charge in [-0.3, -0.25) is 19.2 Å². The fourth-order valence-corrected chi connectivity index (χ4v) is 3.74. The summed E-state index contributed by atoms with van der Waals surface area (Å²) in [6.07, 6.45) is 0. The SMILES string of the molecule is Cc1nn(C)c(C)c1CN1CCN(C(=O)CNC(=O)c2c(F)cccc2Cl)CC1. The van der Waals surface area contributed by atoms with Crippen molar-refractivity contribution in [3.8, 4) is 0 Å². The van der Waals surface area contributed by atoms with Crippen molar-refractivity contribution in [2.24, 2.45) is 7.05 Å². The monoisotopic (exact) mass is 421 g/mol. The quantitative estimate of drug-likeness (QED) is 0.800. The molecule has 0 spiro atoms. The molecule has 29 heavy (non-hydrogen) atoms. The standard InChI is InChI=1S/C20H25ClFN5O2/c1-13-15(14(2)25(3)24-13)12-26-7-9-27(10-8-26)18(28)11-23-20(29)19-16(21)5-4-6-17(19)22/h4-6H,7-12H2,1-3H3,(H,23,29). The average Bonchev–Trinajstić information content (AvgIpc) is 2.92. The van der Waals surface area contributed by atoms with Crippen LogP contribution in [0.4, 0.5) is 4.39 Å². The van der Waals surface area contributed by atoms with Crippen LogP contribution in [-0.4, -0.2) is 64.1 Å². The van der Waals surface area contributed by atoms with Gasteiger partial charge in [0.25, 0.3) is 5.91 Å². The molecule has 0 saturated carbocycles. The Balaban J connectivity index is 1.49. The van der Waals surface area contributed by atoms with Gasteiger partial charge in [0.1, 0.15) is 5.82 Å². The van der Waals surface area contributed by atoms with E-state index in [4.69, 9.17) is 11.6 Å². The molecule has 1 fully saturated rings. The normalized spacial score (nSPS) is 14.9. The molecule has 0 unspecified atom stereocenters. The van der Waals surface area contributed by atoms with Gasteiger partial charge in [0, 0.05) is 51.0 Å². The molecule has 0 atom stereocenters. The van der Waals surface area contributed by atoms with Crippen LogP contribution in [0.3, 0.4) is 0 Å². The molecule has 9 heteroatoms. The first-order chi connectivity index (χ1) is 13.8. The van der Waals surface area contributed by atoms with Crippen LogP contribution in [0.2, 0.25) is 5.02 Å². The third-order valence-electron chi connectivity index (χ3n) is 5.36.